The van der Waals surface area contributed by atoms with Crippen LogP contribution in [0.3, 0.4) is 0 Å². The van der Waals surface area contributed by atoms with Crippen molar-refractivity contribution >= 4 is 38.9 Å². The third-order valence-electron chi connectivity index (χ3n) is 1.51. The minimum absolute atomic E-state index is 0.241. The first kappa shape index (κ1) is 12.2. The van der Waals surface area contributed by atoms with Crippen LogP contribution >= 0.6 is 23.2 Å². The van der Waals surface area contributed by atoms with E-state index in [0.29, 0.717) is 0 Å². The van der Waals surface area contributed by atoms with E-state index in [9.17, 15) is 18.5 Å². The van der Waals surface area contributed by atoms with E-state index in [-0.39, 0.29) is 10.0 Å². The van der Waals surface area contributed by atoms with Gasteiger partial charge in [-0.1, -0.05) is 23.2 Å². The fraction of sp³-hybridized carbons (Fsp3) is 0. The molecule has 6 nitrogen and oxygen atoms in total. The molecule has 0 saturated heterocycles. The van der Waals surface area contributed by atoms with Crippen molar-refractivity contribution in [2.75, 3.05) is 0 Å². The molecule has 15 heavy (non-hydrogen) atoms. The van der Waals surface area contributed by atoms with Crippen LogP contribution in [0.25, 0.3) is 0 Å². The molecular formula is C6H4Cl2N2O4S. The Bertz CT molecular complexity index is 528. The molecule has 0 aliphatic heterocycles. The summed E-state index contributed by atoms with van der Waals surface area (Å²) >= 11 is 11.0. The molecule has 1 aromatic carbocycles. The summed E-state index contributed by atoms with van der Waals surface area (Å²) in [6, 6.07) is 1.70. The Morgan fingerprint density at radius 2 is 1.87 bits per heavy atom. The molecule has 0 aromatic heterocycles. The molecular weight excluding hydrogens is 267 g/mol. The minimum Gasteiger partial charge on any atom is -0.258 e. The number of sulfonamides is 1. The van der Waals surface area contributed by atoms with Gasteiger partial charge in [-0.25, -0.2) is 13.6 Å². The maximum absolute atomic E-state index is 10.9. The predicted octanol–water partition coefficient (Wildman–Crippen LogP) is 1.55. The van der Waals surface area contributed by atoms with Crippen LogP contribution in [-0.2, 0) is 10.0 Å². The van der Waals surface area contributed by atoms with Crippen LogP contribution in [0.15, 0.2) is 17.0 Å². The number of halogens is 2. The van der Waals surface area contributed by atoms with E-state index >= 15 is 0 Å². The Kier molecular flexibility index (Phi) is 3.19. The van der Waals surface area contributed by atoms with Gasteiger partial charge >= 0.3 is 0 Å². The summed E-state index contributed by atoms with van der Waals surface area (Å²) in [5, 5.41) is 14.7. The quantitative estimate of drug-likeness (QED) is 0.650. The van der Waals surface area contributed by atoms with Gasteiger partial charge in [0.25, 0.3) is 5.69 Å². The third-order valence-corrected chi connectivity index (χ3v) is 3.19. The highest BCUT2D eigenvalue weighted by Gasteiger charge is 2.21. The zero-order valence-corrected chi connectivity index (χ0v) is 9.30. The standard InChI is InChI=1S/C6H4Cl2N2O4S/c7-4-1-3(15(9,13)14)2-5(6(4)8)10(11)12/h1-2H,(H2,9,13,14). The van der Waals surface area contributed by atoms with Crippen molar-refractivity contribution in [1.82, 2.24) is 0 Å². The number of benzene rings is 1. The highest BCUT2D eigenvalue weighted by molar-refractivity contribution is 7.89. The molecule has 0 fully saturated rings. The monoisotopic (exact) mass is 270 g/mol. The number of primary sulfonamides is 1. The van der Waals surface area contributed by atoms with Crippen LogP contribution in [0.5, 0.6) is 0 Å². The molecule has 2 N–H and O–H groups in total. The van der Waals surface area contributed by atoms with Crippen molar-refractivity contribution < 1.29 is 13.3 Å². The molecule has 0 heterocycles. The average Bonchev–Trinajstić information content (AvgIpc) is 2.06. The first-order valence-corrected chi connectivity index (χ1v) is 5.70. The van der Waals surface area contributed by atoms with Gasteiger partial charge < -0.3 is 0 Å². The molecule has 1 rings (SSSR count). The molecule has 82 valence electrons. The van der Waals surface area contributed by atoms with Gasteiger partial charge in [0, 0.05) is 6.07 Å². The molecule has 9 heteroatoms. The van der Waals surface area contributed by atoms with Crippen molar-refractivity contribution in [2.45, 2.75) is 4.90 Å². The summed E-state index contributed by atoms with van der Waals surface area (Å²) in [7, 11) is -4.05. The van der Waals surface area contributed by atoms with Crippen LogP contribution in [0.4, 0.5) is 5.69 Å². The molecule has 0 aliphatic rings. The van der Waals surface area contributed by atoms with Crippen molar-refractivity contribution in [1.29, 1.82) is 0 Å². The van der Waals surface area contributed by atoms with Gasteiger partial charge in [0.1, 0.15) is 5.02 Å². The second-order valence-electron chi connectivity index (χ2n) is 2.54. The Morgan fingerprint density at radius 1 is 1.33 bits per heavy atom. The molecule has 0 atom stereocenters. The highest BCUT2D eigenvalue weighted by Crippen LogP contribution is 2.34. The summed E-state index contributed by atoms with van der Waals surface area (Å²) in [5.41, 5.74) is -0.604. The lowest BCUT2D eigenvalue weighted by atomic mass is 10.3. The first-order valence-electron chi connectivity index (χ1n) is 3.39. The molecule has 0 radical (unpaired) electrons. The molecule has 0 saturated carbocycles. The molecule has 0 aliphatic carbocycles. The number of nitrogens with zero attached hydrogens (tertiary/aromatic N) is 1. The third kappa shape index (κ3) is 2.57. The average molecular weight is 271 g/mol. The van der Waals surface area contributed by atoms with Gasteiger partial charge in [-0.05, 0) is 6.07 Å². The van der Waals surface area contributed by atoms with E-state index in [1.54, 1.807) is 0 Å². The van der Waals surface area contributed by atoms with Gasteiger partial charge in [0.2, 0.25) is 10.0 Å². The number of rotatable bonds is 2. The summed E-state index contributed by atoms with van der Waals surface area (Å²) in [4.78, 5) is 9.18. The fourth-order valence-corrected chi connectivity index (χ4v) is 1.86. The lowest BCUT2D eigenvalue weighted by Crippen LogP contribution is -2.12. The smallest absolute Gasteiger partial charge is 0.258 e. The molecule has 0 unspecified atom stereocenters. The van der Waals surface area contributed by atoms with E-state index < -0.39 is 25.5 Å². The minimum atomic E-state index is -4.05. The molecule has 0 amide bonds. The van der Waals surface area contributed by atoms with Gasteiger partial charge in [0.05, 0.1) is 14.8 Å². The van der Waals surface area contributed by atoms with Crippen molar-refractivity contribution in [2.24, 2.45) is 5.14 Å². The van der Waals surface area contributed by atoms with Crippen LogP contribution in [-0.4, -0.2) is 13.3 Å². The summed E-state index contributed by atoms with van der Waals surface area (Å²) in [6.45, 7) is 0. The predicted molar refractivity (Wildman–Crippen MR) is 54.5 cm³/mol. The second-order valence-corrected chi connectivity index (χ2v) is 4.89. The van der Waals surface area contributed by atoms with E-state index in [2.05, 4.69) is 0 Å². The SMILES string of the molecule is NS(=O)(=O)c1cc(Cl)c(Cl)c([N+](=O)[O-])c1. The summed E-state index contributed by atoms with van der Waals surface area (Å²) in [5.74, 6) is 0. The van der Waals surface area contributed by atoms with Crippen LogP contribution in [0.2, 0.25) is 10.0 Å². The van der Waals surface area contributed by atoms with E-state index in [1.807, 2.05) is 0 Å². The maximum atomic E-state index is 10.9. The number of hydrogen-bond acceptors (Lipinski definition) is 4. The number of nitro benzene ring substituents is 1. The Labute approximate surface area is 94.8 Å². The van der Waals surface area contributed by atoms with E-state index in [1.165, 1.54) is 0 Å². The Morgan fingerprint density at radius 3 is 2.27 bits per heavy atom. The second kappa shape index (κ2) is 3.93. The van der Waals surface area contributed by atoms with Crippen LogP contribution < -0.4 is 5.14 Å². The summed E-state index contributed by atoms with van der Waals surface area (Å²) in [6.07, 6.45) is 0. The topological polar surface area (TPSA) is 103 Å². The zero-order chi connectivity index (χ0) is 11.8. The zero-order valence-electron chi connectivity index (χ0n) is 6.98. The number of hydrogen-bond donors (Lipinski definition) is 1. The molecule has 0 spiro atoms. The lowest BCUT2D eigenvalue weighted by molar-refractivity contribution is -0.384. The maximum Gasteiger partial charge on any atom is 0.290 e. The normalized spacial score (nSPS) is 11.4. The molecule has 0 bridgehead atoms. The summed E-state index contributed by atoms with van der Waals surface area (Å²) < 4.78 is 21.8. The van der Waals surface area contributed by atoms with E-state index in [4.69, 9.17) is 28.3 Å². The van der Waals surface area contributed by atoms with Gasteiger partial charge in [-0.3, -0.25) is 10.1 Å². The van der Waals surface area contributed by atoms with Gasteiger partial charge in [-0.15, -0.1) is 0 Å². The lowest BCUT2D eigenvalue weighted by Gasteiger charge is -2.01. The van der Waals surface area contributed by atoms with Crippen molar-refractivity contribution in [3.05, 3.63) is 32.3 Å². The first-order chi connectivity index (χ1) is 6.73. The number of nitrogens with two attached hydrogens (primary N) is 1. The van der Waals surface area contributed by atoms with E-state index in [0.717, 1.165) is 12.1 Å². The number of nitro groups is 1. The van der Waals surface area contributed by atoms with Crippen molar-refractivity contribution in [3.63, 3.8) is 0 Å². The van der Waals surface area contributed by atoms with Crippen LogP contribution in [0, 0.1) is 10.1 Å². The Balaban J connectivity index is 3.57. The van der Waals surface area contributed by atoms with Crippen molar-refractivity contribution in [3.8, 4) is 0 Å². The fourth-order valence-electron chi connectivity index (χ4n) is 0.848. The van der Waals surface area contributed by atoms with Gasteiger partial charge in [-0.2, -0.15) is 0 Å². The molecule has 1 aromatic rings. The largest absolute Gasteiger partial charge is 0.290 e. The van der Waals surface area contributed by atoms with Gasteiger partial charge in [0.15, 0.2) is 0 Å². The van der Waals surface area contributed by atoms with Crippen LogP contribution in [0.1, 0.15) is 0 Å². The Hall–Kier alpha value is -0.890. The highest BCUT2D eigenvalue weighted by atomic mass is 35.5.